The lowest BCUT2D eigenvalue weighted by Crippen LogP contribution is -2.46. The van der Waals surface area contributed by atoms with Gasteiger partial charge in [0.15, 0.2) is 0 Å². The SMILES string of the molecule is CCCCCCC/C=C\C/C=C\C/C=C\CCCCCCCCCCCCCCCCCCC(=O)NC(COP(=O)([O-])OCC[N+](C)(C)C)C(O)CCCCCCCCCCCCCCCCCCCCCCCCCCCCCCCCCC. The van der Waals surface area contributed by atoms with Crippen molar-refractivity contribution in [2.24, 2.45) is 0 Å². The van der Waals surface area contributed by atoms with Crippen molar-refractivity contribution in [3.8, 4) is 0 Å². The second-order valence-electron chi connectivity index (χ2n) is 27.4. The third kappa shape index (κ3) is 70.0. The van der Waals surface area contributed by atoms with E-state index in [2.05, 4.69) is 55.6 Å². The van der Waals surface area contributed by atoms with Gasteiger partial charge in [-0.2, -0.15) is 0 Å². The van der Waals surface area contributed by atoms with Crippen LogP contribution in [-0.4, -0.2) is 68.5 Å². The molecule has 0 aromatic rings. The van der Waals surface area contributed by atoms with Gasteiger partial charge in [0.2, 0.25) is 5.91 Å². The Morgan fingerprint density at radius 1 is 0.412 bits per heavy atom. The van der Waals surface area contributed by atoms with Crippen molar-refractivity contribution < 1.29 is 32.9 Å². The van der Waals surface area contributed by atoms with Crippen LogP contribution in [0.2, 0.25) is 0 Å². The number of likely N-dealkylation sites (N-methyl/N-ethyl adjacent to an activating group) is 1. The summed E-state index contributed by atoms with van der Waals surface area (Å²) >= 11 is 0. The fourth-order valence-corrected chi connectivity index (χ4v) is 12.5. The van der Waals surface area contributed by atoms with Gasteiger partial charge in [0.25, 0.3) is 7.82 Å². The number of unbranched alkanes of at least 4 members (excludes halogenated alkanes) is 52. The molecule has 0 aromatic carbocycles. The first-order valence-corrected chi connectivity index (χ1v) is 39.3. The number of rotatable bonds is 71. The first-order chi connectivity index (χ1) is 41.5. The molecule has 0 saturated carbocycles. The van der Waals surface area contributed by atoms with E-state index in [1.54, 1.807) is 0 Å². The van der Waals surface area contributed by atoms with Crippen molar-refractivity contribution in [1.29, 1.82) is 0 Å². The lowest BCUT2D eigenvalue weighted by Gasteiger charge is -2.30. The van der Waals surface area contributed by atoms with E-state index in [1.807, 2.05) is 21.1 Å². The molecular formula is C76H149N2O6P. The summed E-state index contributed by atoms with van der Waals surface area (Å²) in [7, 11) is 1.32. The molecule has 0 radical (unpaired) electrons. The number of carbonyl (C=O) groups is 1. The number of hydrogen-bond acceptors (Lipinski definition) is 6. The van der Waals surface area contributed by atoms with Crippen LogP contribution in [0.4, 0.5) is 0 Å². The normalized spacial score (nSPS) is 13.7. The van der Waals surface area contributed by atoms with E-state index >= 15 is 0 Å². The molecule has 8 nitrogen and oxygen atoms in total. The van der Waals surface area contributed by atoms with Crippen LogP contribution in [0.1, 0.15) is 393 Å². The van der Waals surface area contributed by atoms with E-state index < -0.39 is 20.0 Å². The zero-order chi connectivity index (χ0) is 61.9. The molecule has 0 fully saturated rings. The Kier molecular flexibility index (Phi) is 66.1. The second-order valence-corrected chi connectivity index (χ2v) is 28.8. The van der Waals surface area contributed by atoms with Crippen LogP contribution in [0.5, 0.6) is 0 Å². The van der Waals surface area contributed by atoms with E-state index in [9.17, 15) is 19.4 Å². The van der Waals surface area contributed by atoms with Gasteiger partial charge in [-0.05, 0) is 51.4 Å². The Balaban J connectivity index is 3.97. The monoisotopic (exact) mass is 1220 g/mol. The van der Waals surface area contributed by atoms with E-state index in [-0.39, 0.29) is 19.1 Å². The molecule has 85 heavy (non-hydrogen) atoms. The largest absolute Gasteiger partial charge is 0.756 e. The van der Waals surface area contributed by atoms with Gasteiger partial charge in [0, 0.05) is 6.42 Å². The highest BCUT2D eigenvalue weighted by Gasteiger charge is 2.24. The lowest BCUT2D eigenvalue weighted by molar-refractivity contribution is -0.870. The summed E-state index contributed by atoms with van der Waals surface area (Å²) in [6, 6.07) is -0.802. The summed E-state index contributed by atoms with van der Waals surface area (Å²) in [5, 5.41) is 14.1. The highest BCUT2D eigenvalue weighted by molar-refractivity contribution is 7.45. The van der Waals surface area contributed by atoms with Crippen LogP contribution in [-0.2, 0) is 18.4 Å². The minimum Gasteiger partial charge on any atom is -0.756 e. The first kappa shape index (κ1) is 83.7. The number of aliphatic hydroxyl groups excluding tert-OH is 1. The van der Waals surface area contributed by atoms with Crippen molar-refractivity contribution in [1.82, 2.24) is 5.32 Å². The third-order valence-corrected chi connectivity index (χ3v) is 18.6. The molecule has 504 valence electrons. The molecule has 0 rings (SSSR count). The standard InChI is InChI=1S/C76H149N2O6P/c1-6-8-10-12-14-16-18-20-22-24-26-28-30-32-34-36-38-40-41-43-45-47-49-51-53-55-57-59-61-63-65-67-69-75(79)74(73-84-85(81,82)83-72-71-78(3,4)5)77-76(80)70-68-66-64-62-60-58-56-54-52-50-48-46-44-42-39-37-35-33-31-29-27-25-23-21-19-17-15-13-11-9-7-2/h19,21,25,27,31,33,74-75,79H,6-18,20,22-24,26,28-30,32,34-73H2,1-5H3,(H-,77,80,81,82)/b21-19-,27-25-,33-31-. The molecule has 9 heteroatoms. The molecule has 0 saturated heterocycles. The fourth-order valence-electron chi connectivity index (χ4n) is 11.8. The average molecular weight is 1220 g/mol. The zero-order valence-electron chi connectivity index (χ0n) is 57.8. The fraction of sp³-hybridized carbons (Fsp3) is 0.908. The topological polar surface area (TPSA) is 108 Å². The summed E-state index contributed by atoms with van der Waals surface area (Å²) in [6.45, 7) is 4.77. The van der Waals surface area contributed by atoms with Gasteiger partial charge in [0.05, 0.1) is 39.9 Å². The minimum absolute atomic E-state index is 0.0138. The van der Waals surface area contributed by atoms with Gasteiger partial charge in [-0.1, -0.05) is 371 Å². The van der Waals surface area contributed by atoms with Gasteiger partial charge >= 0.3 is 0 Å². The predicted octanol–water partition coefficient (Wildman–Crippen LogP) is 23.8. The van der Waals surface area contributed by atoms with E-state index in [0.717, 1.165) is 51.4 Å². The number of phosphoric acid groups is 1. The van der Waals surface area contributed by atoms with E-state index in [0.29, 0.717) is 23.9 Å². The minimum atomic E-state index is -4.58. The maximum atomic E-state index is 13.1. The van der Waals surface area contributed by atoms with Crippen molar-refractivity contribution in [2.75, 3.05) is 40.9 Å². The molecule has 0 heterocycles. The highest BCUT2D eigenvalue weighted by atomic mass is 31.2. The van der Waals surface area contributed by atoms with Gasteiger partial charge in [-0.15, -0.1) is 0 Å². The number of quaternary nitrogens is 1. The molecule has 3 unspecified atom stereocenters. The second kappa shape index (κ2) is 67.1. The molecule has 2 N–H and O–H groups in total. The zero-order valence-corrected chi connectivity index (χ0v) is 58.7. The summed E-state index contributed by atoms with van der Waals surface area (Å²) in [5.41, 5.74) is 0. The Morgan fingerprint density at radius 3 is 0.988 bits per heavy atom. The molecule has 0 aliphatic heterocycles. The molecule has 0 spiro atoms. The predicted molar refractivity (Wildman–Crippen MR) is 372 cm³/mol. The highest BCUT2D eigenvalue weighted by Crippen LogP contribution is 2.38. The Morgan fingerprint density at radius 2 is 0.682 bits per heavy atom. The molecule has 3 atom stereocenters. The smallest absolute Gasteiger partial charge is 0.268 e. The van der Waals surface area contributed by atoms with Crippen molar-refractivity contribution >= 4 is 13.7 Å². The maximum absolute atomic E-state index is 13.1. The van der Waals surface area contributed by atoms with Crippen LogP contribution in [0.25, 0.3) is 0 Å². The number of allylic oxidation sites excluding steroid dienone is 6. The molecular weight excluding hydrogens is 1070 g/mol. The van der Waals surface area contributed by atoms with Crippen molar-refractivity contribution in [3.05, 3.63) is 36.5 Å². The lowest BCUT2D eigenvalue weighted by atomic mass is 10.0. The quantitative estimate of drug-likeness (QED) is 0.0272. The molecule has 0 aliphatic rings. The summed E-state index contributed by atoms with van der Waals surface area (Å²) < 4.78 is 23.6. The Hall–Kier alpha value is -1.28. The number of amides is 1. The van der Waals surface area contributed by atoms with E-state index in [4.69, 9.17) is 9.05 Å². The summed E-state index contributed by atoms with van der Waals surface area (Å²) in [4.78, 5) is 25.7. The van der Waals surface area contributed by atoms with Gasteiger partial charge < -0.3 is 28.8 Å². The van der Waals surface area contributed by atoms with Crippen LogP contribution in [0.15, 0.2) is 36.5 Å². The maximum Gasteiger partial charge on any atom is 0.268 e. The average Bonchev–Trinajstić information content (AvgIpc) is 3.49. The number of aliphatic hydroxyl groups is 1. The summed E-state index contributed by atoms with van der Waals surface area (Å²) in [6.07, 6.45) is 89.6. The van der Waals surface area contributed by atoms with Gasteiger partial charge in [-0.25, -0.2) is 0 Å². The number of nitrogens with one attached hydrogen (secondary N) is 1. The molecule has 1 amide bonds. The van der Waals surface area contributed by atoms with Crippen molar-refractivity contribution in [3.63, 3.8) is 0 Å². The van der Waals surface area contributed by atoms with E-state index in [1.165, 1.54) is 315 Å². The number of phosphoric ester groups is 1. The Labute approximate surface area is 531 Å². The molecule has 0 aromatic heterocycles. The van der Waals surface area contributed by atoms with Crippen LogP contribution in [0, 0.1) is 0 Å². The van der Waals surface area contributed by atoms with Crippen LogP contribution >= 0.6 is 7.82 Å². The van der Waals surface area contributed by atoms with Gasteiger partial charge in [-0.3, -0.25) is 9.36 Å². The number of hydrogen-bond donors (Lipinski definition) is 2. The third-order valence-electron chi connectivity index (χ3n) is 17.6. The summed E-state index contributed by atoms with van der Waals surface area (Å²) in [5.74, 6) is -0.158. The molecule has 0 bridgehead atoms. The van der Waals surface area contributed by atoms with Crippen LogP contribution < -0.4 is 10.2 Å². The Bertz CT molecular complexity index is 1480. The van der Waals surface area contributed by atoms with Crippen LogP contribution in [0.3, 0.4) is 0 Å². The number of nitrogens with zero attached hydrogens (tertiary/aromatic N) is 1. The number of carbonyl (C=O) groups excluding carboxylic acids is 1. The van der Waals surface area contributed by atoms with Crippen molar-refractivity contribution in [2.45, 2.75) is 405 Å². The first-order valence-electron chi connectivity index (χ1n) is 37.8. The molecule has 0 aliphatic carbocycles. The van der Waals surface area contributed by atoms with Gasteiger partial charge in [0.1, 0.15) is 13.2 Å².